The average molecular weight is 682 g/mol. The van der Waals surface area contributed by atoms with Gasteiger partial charge in [-0.15, -0.1) is 0 Å². The second-order valence-corrected chi connectivity index (χ2v) is 16.0. The van der Waals surface area contributed by atoms with E-state index in [1.807, 2.05) is 0 Å². The summed E-state index contributed by atoms with van der Waals surface area (Å²) in [4.78, 5) is 2.68. The molecule has 0 N–H and O–H groups in total. The van der Waals surface area contributed by atoms with Crippen LogP contribution >= 0.6 is 8.58 Å². The standard InChI is InChI=1S/C47H56NOP/c1-3-5-18-29-47(4-2,50-45-28-17-16-27-42(45)36-48-30-19-9-20-31-48)44-35-41(32-38-21-10-6-11-22-38)34-43(33-39-23-12-7-13-24-39)46(44)49-37-40-25-14-8-15-26-40/h6-8,10-17,21-28,34-35,50H,3-5,9,18-20,29-33,36-37H2,1-2H3. The molecule has 1 aliphatic heterocycles. The fraction of sp³-hybridized carbons (Fsp3) is 0.362. The number of benzene rings is 5. The third-order valence-corrected chi connectivity index (χ3v) is 12.6. The molecule has 0 saturated carbocycles. The van der Waals surface area contributed by atoms with Crippen molar-refractivity contribution in [1.82, 2.24) is 4.90 Å². The van der Waals surface area contributed by atoms with E-state index in [0.717, 1.165) is 38.0 Å². The smallest absolute Gasteiger partial charge is 0.127 e. The zero-order valence-electron chi connectivity index (χ0n) is 30.4. The molecule has 0 spiro atoms. The molecule has 1 aliphatic rings. The normalized spacial score (nSPS) is 14.9. The van der Waals surface area contributed by atoms with Crippen molar-refractivity contribution in [3.63, 3.8) is 0 Å². The predicted molar refractivity (Wildman–Crippen MR) is 215 cm³/mol. The summed E-state index contributed by atoms with van der Waals surface area (Å²) in [5.41, 5.74) is 9.49. The van der Waals surface area contributed by atoms with Gasteiger partial charge >= 0.3 is 0 Å². The van der Waals surface area contributed by atoms with Crippen molar-refractivity contribution in [3.8, 4) is 5.75 Å². The first-order valence-corrected chi connectivity index (χ1v) is 20.1. The van der Waals surface area contributed by atoms with Crippen molar-refractivity contribution < 1.29 is 4.74 Å². The average Bonchev–Trinajstić information content (AvgIpc) is 3.16. The van der Waals surface area contributed by atoms with Crippen molar-refractivity contribution in [3.05, 3.63) is 166 Å². The topological polar surface area (TPSA) is 12.5 Å². The zero-order valence-corrected chi connectivity index (χ0v) is 31.4. The van der Waals surface area contributed by atoms with Crippen LogP contribution in [0.1, 0.15) is 104 Å². The Balaban J connectivity index is 1.50. The molecule has 2 nitrogen and oxygen atoms in total. The fourth-order valence-electron chi connectivity index (χ4n) is 7.68. The summed E-state index contributed by atoms with van der Waals surface area (Å²) in [6, 6.07) is 47.0. The van der Waals surface area contributed by atoms with Crippen LogP contribution in [-0.2, 0) is 31.1 Å². The highest BCUT2D eigenvalue weighted by atomic mass is 31.1. The van der Waals surface area contributed by atoms with Crippen LogP contribution in [0.4, 0.5) is 0 Å². The van der Waals surface area contributed by atoms with E-state index in [4.69, 9.17) is 4.74 Å². The predicted octanol–water partition coefficient (Wildman–Crippen LogP) is 11.6. The van der Waals surface area contributed by atoms with Gasteiger partial charge in [0.25, 0.3) is 0 Å². The molecule has 260 valence electrons. The van der Waals surface area contributed by atoms with E-state index in [-0.39, 0.29) is 5.16 Å². The van der Waals surface area contributed by atoms with Crippen LogP contribution in [0.5, 0.6) is 5.75 Å². The summed E-state index contributed by atoms with van der Waals surface area (Å²) in [6.45, 7) is 8.83. The monoisotopic (exact) mass is 681 g/mol. The highest BCUT2D eigenvalue weighted by Gasteiger charge is 2.36. The minimum Gasteiger partial charge on any atom is -0.488 e. The van der Waals surface area contributed by atoms with Crippen LogP contribution in [0.2, 0.25) is 0 Å². The zero-order chi connectivity index (χ0) is 34.4. The molecule has 2 unspecified atom stereocenters. The molecule has 5 aromatic carbocycles. The Morgan fingerprint density at radius 3 is 1.90 bits per heavy atom. The lowest BCUT2D eigenvalue weighted by atomic mass is 9.84. The molecule has 0 bridgehead atoms. The summed E-state index contributed by atoms with van der Waals surface area (Å²) < 4.78 is 7.13. The third-order valence-electron chi connectivity index (χ3n) is 10.5. The van der Waals surface area contributed by atoms with Gasteiger partial charge in [-0.05, 0) is 83.9 Å². The lowest BCUT2D eigenvalue weighted by Crippen LogP contribution is -2.31. The SMILES string of the molecule is CCCCCC(CC)(Pc1ccccc1CN1CCCCC1)c1cc(Cc2ccccc2)cc(Cc2ccccc2)c1OCc1ccccc1. The Morgan fingerprint density at radius 2 is 1.24 bits per heavy atom. The van der Waals surface area contributed by atoms with Gasteiger partial charge in [0, 0.05) is 23.7 Å². The highest BCUT2D eigenvalue weighted by molar-refractivity contribution is 7.48. The number of likely N-dealkylation sites (tertiary alicyclic amines) is 1. The molecule has 1 saturated heterocycles. The van der Waals surface area contributed by atoms with Crippen LogP contribution in [0.15, 0.2) is 127 Å². The number of ether oxygens (including phenoxy) is 1. The summed E-state index contributed by atoms with van der Waals surface area (Å²) in [6.07, 6.45) is 11.7. The molecule has 0 amide bonds. The van der Waals surface area contributed by atoms with E-state index in [0.29, 0.717) is 15.2 Å². The van der Waals surface area contributed by atoms with Crippen LogP contribution in [0.3, 0.4) is 0 Å². The highest BCUT2D eigenvalue weighted by Crippen LogP contribution is 2.53. The van der Waals surface area contributed by atoms with Gasteiger partial charge in [-0.2, -0.15) is 0 Å². The first kappa shape index (κ1) is 36.1. The molecule has 50 heavy (non-hydrogen) atoms. The van der Waals surface area contributed by atoms with Crippen molar-refractivity contribution in [1.29, 1.82) is 0 Å². The molecule has 0 radical (unpaired) electrons. The van der Waals surface area contributed by atoms with Gasteiger partial charge in [0.15, 0.2) is 0 Å². The summed E-state index contributed by atoms with van der Waals surface area (Å²) in [7, 11) is 0.664. The van der Waals surface area contributed by atoms with E-state index in [9.17, 15) is 0 Å². The molecule has 3 heteroatoms. The maximum atomic E-state index is 7.13. The Kier molecular flexibility index (Phi) is 13.4. The molecular formula is C47H56NOP. The number of rotatable bonds is 17. The second-order valence-electron chi connectivity index (χ2n) is 14.2. The Labute approximate surface area is 304 Å². The maximum Gasteiger partial charge on any atom is 0.127 e. The Bertz CT molecular complexity index is 1730. The summed E-state index contributed by atoms with van der Waals surface area (Å²) in [5.74, 6) is 1.11. The Hall–Kier alpha value is -3.71. The molecule has 5 aromatic rings. The second kappa shape index (κ2) is 18.5. The molecular weight excluding hydrogens is 625 g/mol. The van der Waals surface area contributed by atoms with Gasteiger partial charge in [-0.3, -0.25) is 4.90 Å². The molecule has 2 atom stereocenters. The van der Waals surface area contributed by atoms with Crippen molar-refractivity contribution in [2.45, 2.75) is 96.4 Å². The van der Waals surface area contributed by atoms with Crippen molar-refractivity contribution in [2.24, 2.45) is 0 Å². The van der Waals surface area contributed by atoms with E-state index in [1.165, 1.54) is 95.9 Å². The van der Waals surface area contributed by atoms with E-state index >= 15 is 0 Å². The minimum atomic E-state index is -0.0304. The van der Waals surface area contributed by atoms with Gasteiger partial charge < -0.3 is 4.74 Å². The lowest BCUT2D eigenvalue weighted by molar-refractivity contribution is 0.221. The largest absolute Gasteiger partial charge is 0.488 e. The summed E-state index contributed by atoms with van der Waals surface area (Å²) >= 11 is 0. The maximum absolute atomic E-state index is 7.13. The lowest BCUT2D eigenvalue weighted by Gasteiger charge is -2.37. The molecule has 1 heterocycles. The van der Waals surface area contributed by atoms with E-state index in [1.54, 1.807) is 0 Å². The van der Waals surface area contributed by atoms with Gasteiger partial charge in [-0.1, -0.05) is 176 Å². The molecule has 6 rings (SSSR count). The van der Waals surface area contributed by atoms with Crippen molar-refractivity contribution in [2.75, 3.05) is 13.1 Å². The minimum absolute atomic E-state index is 0.0304. The van der Waals surface area contributed by atoms with E-state index < -0.39 is 0 Å². The number of piperidine rings is 1. The van der Waals surface area contributed by atoms with Gasteiger partial charge in [0.05, 0.1) is 0 Å². The quantitative estimate of drug-likeness (QED) is 0.0715. The van der Waals surface area contributed by atoms with Gasteiger partial charge in [0.2, 0.25) is 0 Å². The van der Waals surface area contributed by atoms with E-state index in [2.05, 4.69) is 146 Å². The van der Waals surface area contributed by atoms with Crippen LogP contribution < -0.4 is 10.0 Å². The molecule has 0 aromatic heterocycles. The first-order valence-electron chi connectivity index (χ1n) is 19.1. The van der Waals surface area contributed by atoms with Gasteiger partial charge in [-0.25, -0.2) is 0 Å². The van der Waals surface area contributed by atoms with Crippen LogP contribution in [0.25, 0.3) is 0 Å². The number of hydrogen-bond donors (Lipinski definition) is 0. The summed E-state index contributed by atoms with van der Waals surface area (Å²) in [5, 5.41) is 1.50. The Morgan fingerprint density at radius 1 is 0.620 bits per heavy atom. The number of hydrogen-bond acceptors (Lipinski definition) is 2. The van der Waals surface area contributed by atoms with Crippen LogP contribution in [0, 0.1) is 0 Å². The third kappa shape index (κ3) is 9.74. The molecule has 0 aliphatic carbocycles. The van der Waals surface area contributed by atoms with Gasteiger partial charge in [0.1, 0.15) is 12.4 Å². The van der Waals surface area contributed by atoms with Crippen LogP contribution in [-0.4, -0.2) is 18.0 Å². The fourth-order valence-corrected chi connectivity index (χ4v) is 9.50. The number of nitrogens with zero attached hydrogens (tertiary/aromatic N) is 1. The van der Waals surface area contributed by atoms with Crippen molar-refractivity contribution >= 4 is 13.9 Å². The molecule has 1 fully saturated rings. The first-order chi connectivity index (χ1) is 24.7. The number of unbranched alkanes of at least 4 members (excludes halogenated alkanes) is 2.